The molecule has 168 valence electrons. The average Bonchev–Trinajstić information content (AvgIpc) is 3.25. The Balaban J connectivity index is 1.33. The van der Waals surface area contributed by atoms with E-state index in [1.807, 2.05) is 36.6 Å². The lowest BCUT2D eigenvalue weighted by Crippen LogP contribution is -2.35. The zero-order valence-electron chi connectivity index (χ0n) is 18.1. The van der Waals surface area contributed by atoms with Crippen molar-refractivity contribution in [1.82, 2.24) is 9.29 Å². The van der Waals surface area contributed by atoms with Gasteiger partial charge in [0.25, 0.3) is 0 Å². The van der Waals surface area contributed by atoms with Gasteiger partial charge in [-0.3, -0.25) is 4.79 Å². The zero-order chi connectivity index (χ0) is 22.6. The molecule has 0 unspecified atom stereocenters. The third-order valence-electron chi connectivity index (χ3n) is 5.58. The number of aryl methyl sites for hydroxylation is 2. The maximum Gasteiger partial charge on any atom is 0.243 e. The molecule has 0 aliphatic carbocycles. The van der Waals surface area contributed by atoms with Crippen molar-refractivity contribution < 1.29 is 13.2 Å². The van der Waals surface area contributed by atoms with Gasteiger partial charge < -0.3 is 5.32 Å². The summed E-state index contributed by atoms with van der Waals surface area (Å²) in [5.41, 5.74) is 3.55. The first-order valence-corrected chi connectivity index (χ1v) is 13.2. The molecule has 0 bridgehead atoms. The summed E-state index contributed by atoms with van der Waals surface area (Å²) in [5, 5.41) is 5.95. The van der Waals surface area contributed by atoms with E-state index >= 15 is 0 Å². The molecule has 1 aliphatic heterocycles. The molecule has 1 aliphatic rings. The van der Waals surface area contributed by atoms with E-state index in [1.54, 1.807) is 39.9 Å². The number of piperidine rings is 1. The maximum atomic E-state index is 12.8. The van der Waals surface area contributed by atoms with Gasteiger partial charge >= 0.3 is 0 Å². The van der Waals surface area contributed by atoms with Crippen molar-refractivity contribution in [2.45, 2.75) is 43.9 Å². The number of sulfonamides is 1. The van der Waals surface area contributed by atoms with Crippen LogP contribution in [0.15, 0.2) is 58.8 Å². The second kappa shape index (κ2) is 9.94. The molecule has 4 rings (SSSR count). The fourth-order valence-corrected chi connectivity index (χ4v) is 5.96. The molecule has 0 radical (unpaired) electrons. The predicted molar refractivity (Wildman–Crippen MR) is 128 cm³/mol. The molecule has 0 saturated carbocycles. The van der Waals surface area contributed by atoms with E-state index in [4.69, 9.17) is 0 Å². The Morgan fingerprint density at radius 3 is 2.53 bits per heavy atom. The molecule has 1 amide bonds. The first-order valence-electron chi connectivity index (χ1n) is 10.8. The van der Waals surface area contributed by atoms with Crippen molar-refractivity contribution in [1.29, 1.82) is 0 Å². The van der Waals surface area contributed by atoms with Gasteiger partial charge in [0.2, 0.25) is 15.9 Å². The summed E-state index contributed by atoms with van der Waals surface area (Å²) in [6.45, 7) is 3.15. The van der Waals surface area contributed by atoms with Crippen LogP contribution in [0.1, 0.15) is 36.3 Å². The van der Waals surface area contributed by atoms with Gasteiger partial charge in [0.1, 0.15) is 0 Å². The highest BCUT2D eigenvalue weighted by Gasteiger charge is 2.25. The van der Waals surface area contributed by atoms with Crippen LogP contribution >= 0.6 is 11.3 Å². The molecule has 0 spiro atoms. The van der Waals surface area contributed by atoms with Crippen molar-refractivity contribution >= 4 is 33.0 Å². The molecule has 2 heterocycles. The van der Waals surface area contributed by atoms with Gasteiger partial charge in [-0.15, -0.1) is 11.3 Å². The Bertz CT molecular complexity index is 1180. The van der Waals surface area contributed by atoms with Crippen LogP contribution in [0.5, 0.6) is 0 Å². The second-order valence-corrected chi connectivity index (χ2v) is 11.0. The van der Waals surface area contributed by atoms with Crippen molar-refractivity contribution in [3.63, 3.8) is 0 Å². The van der Waals surface area contributed by atoms with Crippen molar-refractivity contribution in [3.05, 3.63) is 64.5 Å². The van der Waals surface area contributed by atoms with Gasteiger partial charge in [-0.2, -0.15) is 4.31 Å². The van der Waals surface area contributed by atoms with E-state index in [0.29, 0.717) is 30.8 Å². The van der Waals surface area contributed by atoms with Gasteiger partial charge in [-0.05, 0) is 56.0 Å². The standard InChI is InChI=1S/C24H27N3O3S2/c1-18-25-23(17-31-18)20-6-5-7-21(16-20)26-24(28)13-10-19-8-11-22(12-9-19)32(29,30)27-14-3-2-4-15-27/h5-9,11-12,16-17H,2-4,10,13-15H2,1H3,(H,26,28). The first kappa shape index (κ1) is 22.6. The molecular formula is C24H27N3O3S2. The van der Waals surface area contributed by atoms with E-state index in [9.17, 15) is 13.2 Å². The molecule has 1 fully saturated rings. The highest BCUT2D eigenvalue weighted by molar-refractivity contribution is 7.89. The summed E-state index contributed by atoms with van der Waals surface area (Å²) < 4.78 is 27.1. The summed E-state index contributed by atoms with van der Waals surface area (Å²) in [6, 6.07) is 14.6. The smallest absolute Gasteiger partial charge is 0.243 e. The quantitative estimate of drug-likeness (QED) is 0.536. The Morgan fingerprint density at radius 1 is 1.09 bits per heavy atom. The number of aromatic nitrogens is 1. The van der Waals surface area contributed by atoms with Crippen LogP contribution in [-0.4, -0.2) is 36.7 Å². The number of benzene rings is 2. The Kier molecular flexibility index (Phi) is 7.03. The number of carbonyl (C=O) groups excluding carboxylic acids is 1. The number of thiazole rings is 1. The van der Waals surface area contributed by atoms with E-state index in [1.165, 1.54) is 0 Å². The van der Waals surface area contributed by atoms with Crippen LogP contribution < -0.4 is 5.32 Å². The van der Waals surface area contributed by atoms with Crippen LogP contribution in [0.3, 0.4) is 0 Å². The second-order valence-electron chi connectivity index (χ2n) is 7.99. The van der Waals surface area contributed by atoms with Gasteiger partial charge in [0.15, 0.2) is 0 Å². The number of anilines is 1. The van der Waals surface area contributed by atoms with Crippen molar-refractivity contribution in [2.75, 3.05) is 18.4 Å². The molecule has 1 aromatic heterocycles. The number of carbonyl (C=O) groups is 1. The van der Waals surface area contributed by atoms with E-state index in [-0.39, 0.29) is 5.91 Å². The highest BCUT2D eigenvalue weighted by atomic mass is 32.2. The monoisotopic (exact) mass is 469 g/mol. The molecule has 32 heavy (non-hydrogen) atoms. The number of hydrogen-bond donors (Lipinski definition) is 1. The number of hydrogen-bond acceptors (Lipinski definition) is 5. The first-order chi connectivity index (χ1) is 15.4. The molecule has 0 atom stereocenters. The van der Waals surface area contributed by atoms with Crippen molar-refractivity contribution in [2.24, 2.45) is 0 Å². The Labute approximate surface area is 193 Å². The summed E-state index contributed by atoms with van der Waals surface area (Å²) in [5.74, 6) is -0.0818. The van der Waals surface area contributed by atoms with Crippen LogP contribution in [0.4, 0.5) is 5.69 Å². The Hall–Kier alpha value is -2.55. The molecule has 1 saturated heterocycles. The average molecular weight is 470 g/mol. The van der Waals surface area contributed by atoms with Gasteiger partial charge in [-0.1, -0.05) is 30.7 Å². The third-order valence-corrected chi connectivity index (χ3v) is 8.26. The minimum absolute atomic E-state index is 0.0818. The van der Waals surface area contributed by atoms with E-state index in [2.05, 4.69) is 10.3 Å². The van der Waals surface area contributed by atoms with E-state index < -0.39 is 10.0 Å². The fraction of sp³-hybridized carbons (Fsp3) is 0.333. The van der Waals surface area contributed by atoms with Crippen LogP contribution in [0.2, 0.25) is 0 Å². The molecule has 1 N–H and O–H groups in total. The van der Waals surface area contributed by atoms with Crippen molar-refractivity contribution in [3.8, 4) is 11.3 Å². The largest absolute Gasteiger partial charge is 0.326 e. The number of nitrogens with zero attached hydrogens (tertiary/aromatic N) is 2. The lowest BCUT2D eigenvalue weighted by atomic mass is 10.1. The fourth-order valence-electron chi connectivity index (χ4n) is 3.82. The minimum atomic E-state index is -3.43. The SMILES string of the molecule is Cc1nc(-c2cccc(NC(=O)CCc3ccc(S(=O)(=O)N4CCCCC4)cc3)c2)cs1. The van der Waals surface area contributed by atoms with Crippen LogP contribution in [-0.2, 0) is 21.2 Å². The number of rotatable bonds is 7. The molecule has 8 heteroatoms. The summed E-state index contributed by atoms with van der Waals surface area (Å²) in [6.07, 6.45) is 3.78. The normalized spacial score (nSPS) is 14.9. The summed E-state index contributed by atoms with van der Waals surface area (Å²) >= 11 is 1.60. The predicted octanol–water partition coefficient (Wildman–Crippen LogP) is 4.86. The molecular weight excluding hydrogens is 442 g/mol. The number of nitrogens with one attached hydrogen (secondary N) is 1. The van der Waals surface area contributed by atoms with Crippen LogP contribution in [0, 0.1) is 6.92 Å². The van der Waals surface area contributed by atoms with Gasteiger partial charge in [0, 0.05) is 36.1 Å². The zero-order valence-corrected chi connectivity index (χ0v) is 19.7. The summed E-state index contributed by atoms with van der Waals surface area (Å²) in [4.78, 5) is 17.3. The lowest BCUT2D eigenvalue weighted by molar-refractivity contribution is -0.116. The summed E-state index contributed by atoms with van der Waals surface area (Å²) in [7, 11) is -3.43. The topological polar surface area (TPSA) is 79.4 Å². The Morgan fingerprint density at radius 2 is 1.84 bits per heavy atom. The maximum absolute atomic E-state index is 12.8. The van der Waals surface area contributed by atoms with Gasteiger partial charge in [-0.25, -0.2) is 13.4 Å². The number of amides is 1. The minimum Gasteiger partial charge on any atom is -0.326 e. The third kappa shape index (κ3) is 5.43. The molecule has 2 aromatic carbocycles. The lowest BCUT2D eigenvalue weighted by Gasteiger charge is -2.25. The van der Waals surface area contributed by atoms with E-state index in [0.717, 1.165) is 46.8 Å². The van der Waals surface area contributed by atoms with Gasteiger partial charge in [0.05, 0.1) is 15.6 Å². The van der Waals surface area contributed by atoms with Crippen LogP contribution in [0.25, 0.3) is 11.3 Å². The highest BCUT2D eigenvalue weighted by Crippen LogP contribution is 2.25. The molecule has 6 nitrogen and oxygen atoms in total. The molecule has 3 aromatic rings.